The molecule has 38 heteroatoms. The number of carbonyl (C=O) groups is 9. The van der Waals surface area contributed by atoms with Crippen molar-refractivity contribution in [1.82, 2.24) is 0 Å². The van der Waals surface area contributed by atoms with E-state index in [4.69, 9.17) is 56.8 Å². The largest absolute Gasteiger partial charge is 0.496 e. The lowest BCUT2D eigenvalue weighted by molar-refractivity contribution is -0.183. The third-order valence-electron chi connectivity index (χ3n) is 22.8. The van der Waals surface area contributed by atoms with Crippen LogP contribution in [-0.4, -0.2) is 186 Å². The zero-order valence-electron chi connectivity index (χ0n) is 83.2. The van der Waals surface area contributed by atoms with Crippen LogP contribution >= 0.6 is 7.26 Å². The smallest absolute Gasteiger partial charge is 0.461 e. The van der Waals surface area contributed by atoms with Crippen LogP contribution in [0.3, 0.4) is 0 Å². The summed E-state index contributed by atoms with van der Waals surface area (Å²) < 4.78 is 196. The van der Waals surface area contributed by atoms with Gasteiger partial charge >= 0.3 is 66.1 Å². The molecule has 24 nitrogen and oxygen atoms in total. The van der Waals surface area contributed by atoms with Crippen molar-refractivity contribution in [2.75, 3.05) is 80.8 Å². The van der Waals surface area contributed by atoms with Gasteiger partial charge in [-0.3, -0.25) is 4.79 Å². The van der Waals surface area contributed by atoms with E-state index in [1.165, 1.54) is 50.9 Å². The number of alkyl halides is 9. The number of rotatable bonds is 38. The third-order valence-corrected chi connectivity index (χ3v) is 34.1. The van der Waals surface area contributed by atoms with Crippen LogP contribution in [0.15, 0.2) is 114 Å². The molecule has 7 aromatic rings. The molecule has 0 radical (unpaired) electrons. The van der Waals surface area contributed by atoms with Gasteiger partial charge < -0.3 is 75.8 Å². The molecule has 0 fully saturated rings. The van der Waals surface area contributed by atoms with Gasteiger partial charge in [0, 0.05) is 89.6 Å². The van der Waals surface area contributed by atoms with E-state index in [1.54, 1.807) is 28.1 Å². The molecule has 0 N–H and O–H groups in total. The highest BCUT2D eigenvalue weighted by molar-refractivity contribution is 7.95. The summed E-state index contributed by atoms with van der Waals surface area (Å²) in [4.78, 5) is 105. The van der Waals surface area contributed by atoms with E-state index in [0.717, 1.165) is 82.3 Å². The van der Waals surface area contributed by atoms with Gasteiger partial charge in [0.1, 0.15) is 135 Å². The summed E-state index contributed by atoms with van der Waals surface area (Å²) in [6.07, 6.45) is -11.6. The van der Waals surface area contributed by atoms with E-state index in [9.17, 15) is 82.7 Å². The third kappa shape index (κ3) is 29.9. The van der Waals surface area contributed by atoms with E-state index in [1.807, 2.05) is 13.8 Å². The SMILES string of the molecule is CCOC(=O)/C(=C/Cc1c(OC)c(C)c2c(c1OCC[Si](C)(C)C)C(=O)OC2)C(F)(F)F.CCOC(=O)/C(=C/Cc1c(OC)c(C)c2c(c1OCC[Si](C)(C)C)C(=O)OC2)C(F)(F)F.CCOC(=O)C(=O)C(F)(F)F.COc1c(C)c2c(c(OCC[Si](C)(C)C)c1CC=O)C(=O)OC2.COc1c(C)c2c(c(OCC[Si](C)(C)C)c1CC[P+](c1ccccc1)(c1ccccc1)c1ccccc1)C(=O)OC2. The van der Waals surface area contributed by atoms with E-state index >= 15 is 0 Å². The zero-order valence-corrected chi connectivity index (χ0v) is 88.1. The van der Waals surface area contributed by atoms with Crippen molar-refractivity contribution < 1.29 is 154 Å². The van der Waals surface area contributed by atoms with Gasteiger partial charge in [0.05, 0.1) is 80.8 Å². The molecular formula is C101H127F9O24PSi4+. The van der Waals surface area contributed by atoms with Gasteiger partial charge in [-0.25, -0.2) is 33.6 Å². The molecule has 0 unspecified atom stereocenters. The number of ether oxygens (including phenoxy) is 15. The topological polar surface area (TPSA) is 292 Å². The van der Waals surface area contributed by atoms with Crippen LogP contribution in [-0.2, 0) is 109 Å². The number of fused-ring (bicyclic) bond motifs is 4. The van der Waals surface area contributed by atoms with Crippen molar-refractivity contribution in [3.05, 3.63) is 203 Å². The first kappa shape index (κ1) is 115. The maximum atomic E-state index is 13.5. The highest BCUT2D eigenvalue weighted by Crippen LogP contribution is 2.58. The lowest BCUT2D eigenvalue weighted by Crippen LogP contribution is -2.34. The molecular weight excluding hydrogens is 1910 g/mol. The summed E-state index contributed by atoms with van der Waals surface area (Å²) in [5.41, 5.74) is 6.51. The Morgan fingerprint density at radius 3 is 0.835 bits per heavy atom. The minimum absolute atomic E-state index is 0.0352. The number of ketones is 1. The maximum absolute atomic E-state index is 13.5. The summed E-state index contributed by atoms with van der Waals surface area (Å²) >= 11 is 0. The molecule has 4 aliphatic heterocycles. The second-order valence-electron chi connectivity index (χ2n) is 37.5. The van der Waals surface area contributed by atoms with Gasteiger partial charge in [0.25, 0.3) is 0 Å². The Kier molecular flexibility index (Phi) is 41.0. The van der Waals surface area contributed by atoms with Crippen LogP contribution in [0.1, 0.15) is 129 Å². The number of cyclic esters (lactones) is 4. The fourth-order valence-electron chi connectivity index (χ4n) is 15.6. The first-order chi connectivity index (χ1) is 65.1. The summed E-state index contributed by atoms with van der Waals surface area (Å²) in [6.45, 7) is 39.8. The molecule has 139 heavy (non-hydrogen) atoms. The number of hydrogen-bond donors (Lipinski definition) is 0. The molecule has 4 heterocycles. The number of benzene rings is 7. The second-order valence-corrected chi connectivity index (χ2v) is 63.6. The zero-order chi connectivity index (χ0) is 104. The minimum Gasteiger partial charge on any atom is -0.496 e. The van der Waals surface area contributed by atoms with E-state index in [-0.39, 0.29) is 111 Å². The van der Waals surface area contributed by atoms with Crippen molar-refractivity contribution in [2.45, 2.75) is 222 Å². The fraction of sp³-hybridized carbons (Fsp3) is 0.455. The number of methoxy groups -OCH3 is 4. The Hall–Kier alpha value is -11.3. The summed E-state index contributed by atoms with van der Waals surface area (Å²) in [7, 11) is -1.61. The molecule has 0 atom stereocenters. The van der Waals surface area contributed by atoms with E-state index in [0.29, 0.717) is 101 Å². The van der Waals surface area contributed by atoms with Crippen LogP contribution in [0.5, 0.6) is 46.0 Å². The van der Waals surface area contributed by atoms with E-state index < -0.39 is 105 Å². The molecule has 7 aromatic carbocycles. The number of aldehydes is 1. The predicted octanol–water partition coefficient (Wildman–Crippen LogP) is 20.7. The predicted molar refractivity (Wildman–Crippen MR) is 522 cm³/mol. The van der Waals surface area contributed by atoms with Crippen LogP contribution in [0.4, 0.5) is 39.5 Å². The van der Waals surface area contributed by atoms with Crippen molar-refractivity contribution >= 4 is 109 Å². The quantitative estimate of drug-likeness (QED) is 0.00507. The summed E-state index contributed by atoms with van der Waals surface area (Å²) in [5.74, 6) is -5.74. The first-order valence-electron chi connectivity index (χ1n) is 45.3. The van der Waals surface area contributed by atoms with Crippen LogP contribution < -0.4 is 53.8 Å². The summed E-state index contributed by atoms with van der Waals surface area (Å²) in [5, 5.41) is 3.99. The number of esters is 7. The van der Waals surface area contributed by atoms with Crippen molar-refractivity contribution in [3.8, 4) is 46.0 Å². The Bertz CT molecular complexity index is 5370. The van der Waals surface area contributed by atoms with Gasteiger partial charge in [-0.2, -0.15) is 39.5 Å². The minimum atomic E-state index is -5.13. The Labute approximate surface area is 810 Å². The molecule has 0 spiro atoms. The average Bonchev–Trinajstić information content (AvgIpc) is 1.59. The molecule has 0 bridgehead atoms. The van der Waals surface area contributed by atoms with Crippen molar-refractivity contribution in [1.29, 1.82) is 0 Å². The number of allylic oxidation sites excluding steroid dienone is 2. The number of hydrogen-bond acceptors (Lipinski definition) is 24. The molecule has 0 saturated carbocycles. The van der Waals surface area contributed by atoms with Gasteiger partial charge in [0.15, 0.2) is 0 Å². The molecule has 0 amide bonds. The molecule has 11 rings (SSSR count). The molecule has 4 aliphatic rings. The van der Waals surface area contributed by atoms with Crippen molar-refractivity contribution in [3.63, 3.8) is 0 Å². The van der Waals surface area contributed by atoms with Gasteiger partial charge in [-0.05, 0) is 144 Å². The number of Topliss-reactive ketones (excluding diaryl/α,β-unsaturated/α-hetero) is 1. The maximum Gasteiger partial charge on any atom is 0.461 e. The monoisotopic (exact) mass is 2040 g/mol. The standard InChI is InChI=1S/C35H40O4PSi.2C22H29F3O6Si.C17H24O5Si.C5H5F3O3/c1-26-31-25-39-35(36)32(31)34(38-22-24-41(3,4)5)30(33(26)37-2)21-23-40(27-15-9-6-10-16-27,28-17-11-7-12-18-28)29-19-13-8-14-20-29;2*1-7-29-20(26)16(22(23,24)25)9-8-14-18(28-3)13(2)15-12-31-21(27)17(15)19(14)30-10-11-32(4,5)6;1-11-13-10-22-17(19)14(13)16(21-8-9-23(3,4)5)12(6-7-18)15(11)20-2;1-2-11-4(10)3(9)5(6,7)8/h6-20H,21-25H2,1-5H3;2*9H,7-8,10-12H2,1-6H3;7H,6,8-10H2,1-5H3;2H2,1H3/q+1;;;;/b;2*16-9-;;. The fourth-order valence-corrected chi connectivity index (χ4v) is 22.7. The first-order valence-corrected chi connectivity index (χ1v) is 62.1. The highest BCUT2D eigenvalue weighted by Gasteiger charge is 2.49. The van der Waals surface area contributed by atoms with Crippen molar-refractivity contribution in [2.24, 2.45) is 0 Å². The average molecular weight is 2040 g/mol. The lowest BCUT2D eigenvalue weighted by Gasteiger charge is -2.29. The Morgan fingerprint density at radius 1 is 0.360 bits per heavy atom. The lowest BCUT2D eigenvalue weighted by atomic mass is 9.94. The van der Waals surface area contributed by atoms with Crippen LogP contribution in [0, 0.1) is 27.7 Å². The molecule has 0 aromatic heterocycles. The number of carbonyl (C=O) groups excluding carboxylic acids is 9. The Balaban J connectivity index is 0.000000247. The highest BCUT2D eigenvalue weighted by atomic mass is 31.2. The van der Waals surface area contributed by atoms with E-state index in [2.05, 4.69) is 184 Å². The number of halogens is 9. The molecule has 0 aliphatic carbocycles. The molecule has 758 valence electrons. The van der Waals surface area contributed by atoms with Crippen LogP contribution in [0.25, 0.3) is 0 Å². The Morgan fingerprint density at radius 2 is 0.604 bits per heavy atom. The second kappa shape index (κ2) is 49.7. The summed E-state index contributed by atoms with van der Waals surface area (Å²) in [6, 6.07) is 36.2. The van der Waals surface area contributed by atoms with Gasteiger partial charge in [0.2, 0.25) is 0 Å². The normalized spacial score (nSPS) is 13.5. The van der Waals surface area contributed by atoms with Crippen LogP contribution in [0.2, 0.25) is 103 Å². The van der Waals surface area contributed by atoms with Gasteiger partial charge in [-0.15, -0.1) is 0 Å². The van der Waals surface area contributed by atoms with Gasteiger partial charge in [-0.1, -0.05) is 145 Å². The molecule has 0 saturated heterocycles.